The Hall–Kier alpha value is -0.0800. The SMILES string of the molecule is CCOC1CC1OCC(C)C. The summed E-state index contributed by atoms with van der Waals surface area (Å²) in [5.41, 5.74) is 0. The maximum atomic E-state index is 5.55. The highest BCUT2D eigenvalue weighted by molar-refractivity contribution is 4.89. The zero-order valence-electron chi connectivity index (χ0n) is 7.67. The molecule has 1 saturated carbocycles. The summed E-state index contributed by atoms with van der Waals surface area (Å²) in [5, 5.41) is 0. The minimum atomic E-state index is 0.400. The van der Waals surface area contributed by atoms with Gasteiger partial charge in [0.2, 0.25) is 0 Å². The summed E-state index contributed by atoms with van der Waals surface area (Å²) < 4.78 is 10.9. The van der Waals surface area contributed by atoms with Crippen LogP contribution in [0.2, 0.25) is 0 Å². The molecule has 1 fully saturated rings. The van der Waals surface area contributed by atoms with Crippen molar-refractivity contribution in [1.29, 1.82) is 0 Å². The van der Waals surface area contributed by atoms with Crippen molar-refractivity contribution >= 4 is 0 Å². The van der Waals surface area contributed by atoms with Crippen LogP contribution in [-0.2, 0) is 9.47 Å². The van der Waals surface area contributed by atoms with Gasteiger partial charge in [0.1, 0.15) is 0 Å². The van der Waals surface area contributed by atoms with E-state index in [1.807, 2.05) is 6.92 Å². The smallest absolute Gasteiger partial charge is 0.0863 e. The molecule has 0 N–H and O–H groups in total. The number of hydrogen-bond acceptors (Lipinski definition) is 2. The summed E-state index contributed by atoms with van der Waals surface area (Å²) in [6.45, 7) is 8.04. The molecule has 0 aliphatic heterocycles. The second-order valence-corrected chi connectivity index (χ2v) is 3.50. The van der Waals surface area contributed by atoms with Crippen molar-refractivity contribution < 1.29 is 9.47 Å². The van der Waals surface area contributed by atoms with Gasteiger partial charge in [0.25, 0.3) is 0 Å². The largest absolute Gasteiger partial charge is 0.376 e. The molecular weight excluding hydrogens is 140 g/mol. The van der Waals surface area contributed by atoms with Crippen LogP contribution in [0.15, 0.2) is 0 Å². The first-order chi connectivity index (χ1) is 5.24. The van der Waals surface area contributed by atoms with Gasteiger partial charge in [-0.3, -0.25) is 0 Å². The van der Waals surface area contributed by atoms with Crippen LogP contribution in [0.4, 0.5) is 0 Å². The van der Waals surface area contributed by atoms with Crippen LogP contribution in [0.25, 0.3) is 0 Å². The van der Waals surface area contributed by atoms with E-state index in [4.69, 9.17) is 9.47 Å². The molecule has 0 aromatic carbocycles. The van der Waals surface area contributed by atoms with Crippen LogP contribution in [0, 0.1) is 5.92 Å². The van der Waals surface area contributed by atoms with Gasteiger partial charge in [-0.25, -0.2) is 0 Å². The standard InChI is InChI=1S/C9H18O2/c1-4-10-8-5-9(8)11-6-7(2)3/h7-9H,4-6H2,1-3H3. The van der Waals surface area contributed by atoms with Gasteiger partial charge in [0, 0.05) is 19.6 Å². The molecule has 0 radical (unpaired) electrons. The molecule has 0 aromatic rings. The molecule has 0 amide bonds. The van der Waals surface area contributed by atoms with E-state index in [-0.39, 0.29) is 0 Å². The van der Waals surface area contributed by atoms with Crippen LogP contribution >= 0.6 is 0 Å². The van der Waals surface area contributed by atoms with Gasteiger partial charge in [-0.2, -0.15) is 0 Å². The number of hydrogen-bond donors (Lipinski definition) is 0. The first-order valence-corrected chi connectivity index (χ1v) is 4.47. The molecule has 2 atom stereocenters. The summed E-state index contributed by atoms with van der Waals surface area (Å²) in [4.78, 5) is 0. The van der Waals surface area contributed by atoms with Crippen LogP contribution in [0.5, 0.6) is 0 Å². The van der Waals surface area contributed by atoms with Gasteiger partial charge in [0.15, 0.2) is 0 Å². The molecule has 11 heavy (non-hydrogen) atoms. The molecular formula is C9H18O2. The van der Waals surface area contributed by atoms with Gasteiger partial charge in [0.05, 0.1) is 12.2 Å². The molecule has 0 saturated heterocycles. The maximum absolute atomic E-state index is 5.55. The Balaban J connectivity index is 1.95. The highest BCUT2D eigenvalue weighted by atomic mass is 16.6. The van der Waals surface area contributed by atoms with E-state index in [1.54, 1.807) is 0 Å². The third kappa shape index (κ3) is 3.21. The highest BCUT2D eigenvalue weighted by Gasteiger charge is 2.38. The minimum Gasteiger partial charge on any atom is -0.376 e. The first-order valence-electron chi connectivity index (χ1n) is 4.47. The quantitative estimate of drug-likeness (QED) is 0.607. The van der Waals surface area contributed by atoms with Crippen molar-refractivity contribution in [1.82, 2.24) is 0 Å². The monoisotopic (exact) mass is 158 g/mol. The fraction of sp³-hybridized carbons (Fsp3) is 1.00. The molecule has 0 aromatic heterocycles. The molecule has 2 unspecified atom stereocenters. The predicted octanol–water partition coefficient (Wildman–Crippen LogP) is 1.84. The lowest BCUT2D eigenvalue weighted by molar-refractivity contribution is 0.0372. The lowest BCUT2D eigenvalue weighted by atomic mass is 10.2. The number of ether oxygens (including phenoxy) is 2. The second kappa shape index (κ2) is 4.07. The molecule has 2 heteroatoms. The van der Waals surface area contributed by atoms with Crippen molar-refractivity contribution in [2.45, 2.75) is 39.4 Å². The van der Waals surface area contributed by atoms with E-state index in [0.717, 1.165) is 19.6 Å². The molecule has 0 heterocycles. The van der Waals surface area contributed by atoms with Gasteiger partial charge < -0.3 is 9.47 Å². The normalized spacial score (nSPS) is 29.5. The van der Waals surface area contributed by atoms with Gasteiger partial charge >= 0.3 is 0 Å². The topological polar surface area (TPSA) is 18.5 Å². The summed E-state index contributed by atoms with van der Waals surface area (Å²) in [6.07, 6.45) is 1.90. The summed E-state index contributed by atoms with van der Waals surface area (Å²) in [6, 6.07) is 0. The van der Waals surface area contributed by atoms with E-state index in [1.165, 1.54) is 0 Å². The number of rotatable bonds is 5. The average Bonchev–Trinajstić information content (AvgIpc) is 2.64. The average molecular weight is 158 g/mol. The lowest BCUT2D eigenvalue weighted by Crippen LogP contribution is -2.08. The second-order valence-electron chi connectivity index (χ2n) is 3.50. The van der Waals surface area contributed by atoms with Crippen LogP contribution in [-0.4, -0.2) is 25.4 Å². The van der Waals surface area contributed by atoms with E-state index in [9.17, 15) is 0 Å². The van der Waals surface area contributed by atoms with Gasteiger partial charge in [-0.05, 0) is 12.8 Å². The van der Waals surface area contributed by atoms with Gasteiger partial charge in [-0.15, -0.1) is 0 Å². The van der Waals surface area contributed by atoms with Crippen molar-refractivity contribution in [3.8, 4) is 0 Å². The molecule has 1 rings (SSSR count). The van der Waals surface area contributed by atoms with Crippen LogP contribution in [0.1, 0.15) is 27.2 Å². The van der Waals surface area contributed by atoms with Gasteiger partial charge in [-0.1, -0.05) is 13.8 Å². The predicted molar refractivity (Wildman–Crippen MR) is 44.6 cm³/mol. The zero-order chi connectivity index (χ0) is 8.27. The Morgan fingerprint density at radius 1 is 1.27 bits per heavy atom. The maximum Gasteiger partial charge on any atom is 0.0863 e. The molecule has 2 nitrogen and oxygen atoms in total. The lowest BCUT2D eigenvalue weighted by Gasteiger charge is -2.05. The summed E-state index contributed by atoms with van der Waals surface area (Å²) in [7, 11) is 0. The van der Waals surface area contributed by atoms with Crippen molar-refractivity contribution in [2.24, 2.45) is 5.92 Å². The van der Waals surface area contributed by atoms with E-state index >= 15 is 0 Å². The van der Waals surface area contributed by atoms with Crippen LogP contribution in [0.3, 0.4) is 0 Å². The van der Waals surface area contributed by atoms with E-state index < -0.39 is 0 Å². The Morgan fingerprint density at radius 3 is 2.45 bits per heavy atom. The van der Waals surface area contributed by atoms with Crippen LogP contribution < -0.4 is 0 Å². The third-order valence-electron chi connectivity index (χ3n) is 1.70. The Kier molecular flexibility index (Phi) is 3.34. The van der Waals surface area contributed by atoms with E-state index in [2.05, 4.69) is 13.8 Å². The highest BCUT2D eigenvalue weighted by Crippen LogP contribution is 2.29. The fourth-order valence-electron chi connectivity index (χ4n) is 1.03. The van der Waals surface area contributed by atoms with Crippen molar-refractivity contribution in [2.75, 3.05) is 13.2 Å². The van der Waals surface area contributed by atoms with Crippen molar-refractivity contribution in [3.05, 3.63) is 0 Å². The third-order valence-corrected chi connectivity index (χ3v) is 1.70. The molecule has 1 aliphatic rings. The Bertz CT molecular complexity index is 112. The van der Waals surface area contributed by atoms with E-state index in [0.29, 0.717) is 18.1 Å². The first kappa shape index (κ1) is 9.01. The molecule has 1 aliphatic carbocycles. The Morgan fingerprint density at radius 2 is 1.91 bits per heavy atom. The fourth-order valence-corrected chi connectivity index (χ4v) is 1.03. The summed E-state index contributed by atoms with van der Waals surface area (Å²) in [5.74, 6) is 0.637. The minimum absolute atomic E-state index is 0.400. The van der Waals surface area contributed by atoms with Crippen molar-refractivity contribution in [3.63, 3.8) is 0 Å². The molecule has 0 spiro atoms. The molecule has 0 bridgehead atoms. The Labute approximate surface area is 68.9 Å². The zero-order valence-corrected chi connectivity index (χ0v) is 7.67. The molecule has 66 valence electrons. The summed E-state index contributed by atoms with van der Waals surface area (Å²) >= 11 is 0.